The molecular formula is C22H29FN2O8S. The Bertz CT molecular complexity index is 1030. The van der Waals surface area contributed by atoms with Crippen LogP contribution in [0.5, 0.6) is 0 Å². The Labute approximate surface area is 197 Å². The molecule has 2 saturated heterocycles. The fraction of sp³-hybridized carbons (Fsp3) is 0.591. The number of likely N-dealkylation sites (N-methyl/N-ethyl adjacent to an activating group) is 1. The number of carbonyl (C=O) groups excluding carboxylic acids is 3. The number of hydrogen-bond acceptors (Lipinski definition) is 8. The van der Waals surface area contributed by atoms with Gasteiger partial charge in [-0.15, -0.1) is 0 Å². The summed E-state index contributed by atoms with van der Waals surface area (Å²) in [6.45, 7) is 3.08. The number of sulfone groups is 1. The van der Waals surface area contributed by atoms with Crippen molar-refractivity contribution in [3.8, 4) is 0 Å². The van der Waals surface area contributed by atoms with Gasteiger partial charge in [-0.1, -0.05) is 19.9 Å². The molecule has 10 nitrogen and oxygen atoms in total. The summed E-state index contributed by atoms with van der Waals surface area (Å²) < 4.78 is 53.0. The number of rotatable bonds is 7. The summed E-state index contributed by atoms with van der Waals surface area (Å²) in [4.78, 5) is 38.3. The van der Waals surface area contributed by atoms with Crippen LogP contribution in [0.3, 0.4) is 0 Å². The van der Waals surface area contributed by atoms with Gasteiger partial charge in [0.25, 0.3) is 0 Å². The van der Waals surface area contributed by atoms with Gasteiger partial charge >= 0.3 is 18.2 Å². The Kier molecular flexibility index (Phi) is 8.01. The van der Waals surface area contributed by atoms with Gasteiger partial charge in [0.1, 0.15) is 15.7 Å². The van der Waals surface area contributed by atoms with Gasteiger partial charge < -0.3 is 14.2 Å². The lowest BCUT2D eigenvalue weighted by Gasteiger charge is -2.24. The fourth-order valence-corrected chi connectivity index (χ4v) is 5.33. The molecular weight excluding hydrogens is 471 g/mol. The molecule has 0 bridgehead atoms. The number of benzene rings is 1. The molecule has 1 atom stereocenters. The number of carbonyl (C=O) groups is 3. The maximum atomic E-state index is 14.8. The normalized spacial score (nSPS) is 20.2. The predicted molar refractivity (Wildman–Crippen MR) is 119 cm³/mol. The number of amides is 2. The van der Waals surface area contributed by atoms with Crippen molar-refractivity contribution in [1.82, 2.24) is 4.90 Å². The van der Waals surface area contributed by atoms with Crippen molar-refractivity contribution in [3.63, 3.8) is 0 Å². The van der Waals surface area contributed by atoms with E-state index < -0.39 is 46.8 Å². The summed E-state index contributed by atoms with van der Waals surface area (Å²) in [7, 11) is -1.70. The van der Waals surface area contributed by atoms with E-state index in [4.69, 9.17) is 14.2 Å². The number of ether oxygens (including phenoxy) is 3. The summed E-state index contributed by atoms with van der Waals surface area (Å²) in [5, 5.41) is 0. The van der Waals surface area contributed by atoms with Gasteiger partial charge in [0.05, 0.1) is 23.7 Å². The average molecular weight is 501 g/mol. The summed E-state index contributed by atoms with van der Waals surface area (Å²) in [5.74, 6) is -1.08. The van der Waals surface area contributed by atoms with Crippen LogP contribution in [0, 0.1) is 11.7 Å². The van der Waals surface area contributed by atoms with Crippen molar-refractivity contribution < 1.29 is 41.4 Å². The number of halogens is 1. The Hall–Kier alpha value is -2.89. The van der Waals surface area contributed by atoms with Gasteiger partial charge in [-0.2, -0.15) is 0 Å². The van der Waals surface area contributed by atoms with E-state index in [1.807, 2.05) is 13.8 Å². The average Bonchev–Trinajstić information content (AvgIpc) is 3.14. The lowest BCUT2D eigenvalue weighted by molar-refractivity contribution is -0.153. The fourth-order valence-electron chi connectivity index (χ4n) is 3.83. The lowest BCUT2D eigenvalue weighted by Crippen LogP contribution is -2.40. The number of anilines is 1. The van der Waals surface area contributed by atoms with E-state index in [0.717, 1.165) is 4.90 Å². The third-order valence-electron chi connectivity index (χ3n) is 5.78. The highest BCUT2D eigenvalue weighted by atomic mass is 32.2. The minimum Gasteiger partial charge on any atom is -0.428 e. The van der Waals surface area contributed by atoms with E-state index in [2.05, 4.69) is 0 Å². The van der Waals surface area contributed by atoms with Crippen LogP contribution >= 0.6 is 0 Å². The Morgan fingerprint density at radius 1 is 1.24 bits per heavy atom. The molecule has 188 valence electrons. The molecule has 2 aliphatic rings. The van der Waals surface area contributed by atoms with Gasteiger partial charge in [0.15, 0.2) is 6.23 Å². The second kappa shape index (κ2) is 10.6. The molecule has 0 spiro atoms. The van der Waals surface area contributed by atoms with Crippen molar-refractivity contribution in [3.05, 3.63) is 29.6 Å². The molecule has 2 fully saturated rings. The van der Waals surface area contributed by atoms with Crippen molar-refractivity contribution in [2.24, 2.45) is 5.92 Å². The van der Waals surface area contributed by atoms with Crippen LogP contribution < -0.4 is 4.90 Å². The molecule has 0 aliphatic carbocycles. The highest BCUT2D eigenvalue weighted by molar-refractivity contribution is 7.91. The molecule has 0 aromatic heterocycles. The highest BCUT2D eigenvalue weighted by Crippen LogP contribution is 2.33. The molecule has 0 saturated carbocycles. The van der Waals surface area contributed by atoms with E-state index in [9.17, 15) is 27.2 Å². The first-order chi connectivity index (χ1) is 16.0. The van der Waals surface area contributed by atoms with Crippen LogP contribution in [-0.2, 0) is 28.8 Å². The Balaban J connectivity index is 1.57. The molecule has 0 radical (unpaired) electrons. The first-order valence-electron chi connectivity index (χ1n) is 11.0. The van der Waals surface area contributed by atoms with E-state index >= 15 is 0 Å². The summed E-state index contributed by atoms with van der Waals surface area (Å²) >= 11 is 0. The SMILES string of the molecule is CC(C)CC(=O)OCOC(=O)N(C)[C@@H]1CN(c2ccc(C3CCS(=O)(=O)CC3)c(F)c2)C(=O)O1. The van der Waals surface area contributed by atoms with Crippen LogP contribution in [0.15, 0.2) is 18.2 Å². The zero-order valence-corrected chi connectivity index (χ0v) is 20.2. The Morgan fingerprint density at radius 2 is 1.91 bits per heavy atom. The first kappa shape index (κ1) is 25.7. The van der Waals surface area contributed by atoms with Crippen molar-refractivity contribution in [2.75, 3.05) is 36.8 Å². The molecule has 1 aromatic rings. The van der Waals surface area contributed by atoms with Gasteiger partial charge in [-0.3, -0.25) is 14.6 Å². The molecule has 0 N–H and O–H groups in total. The van der Waals surface area contributed by atoms with Crippen molar-refractivity contribution in [1.29, 1.82) is 0 Å². The van der Waals surface area contributed by atoms with Gasteiger partial charge in [-0.25, -0.2) is 22.4 Å². The predicted octanol–water partition coefficient (Wildman–Crippen LogP) is 3.02. The second-order valence-corrected chi connectivity index (χ2v) is 11.1. The van der Waals surface area contributed by atoms with Crippen LogP contribution in [0.4, 0.5) is 19.7 Å². The molecule has 2 heterocycles. The van der Waals surface area contributed by atoms with Crippen LogP contribution in [0.25, 0.3) is 0 Å². The smallest absolute Gasteiger partial charge is 0.416 e. The largest absolute Gasteiger partial charge is 0.428 e. The zero-order valence-electron chi connectivity index (χ0n) is 19.4. The molecule has 2 aliphatic heterocycles. The minimum atomic E-state index is -3.06. The molecule has 3 rings (SSSR count). The molecule has 1 aromatic carbocycles. The summed E-state index contributed by atoms with van der Waals surface area (Å²) in [6, 6.07) is 4.32. The molecule has 34 heavy (non-hydrogen) atoms. The maximum Gasteiger partial charge on any atom is 0.416 e. The summed E-state index contributed by atoms with van der Waals surface area (Å²) in [6.07, 6.45) is -1.71. The number of esters is 1. The van der Waals surface area contributed by atoms with E-state index in [-0.39, 0.29) is 42.0 Å². The molecule has 12 heteroatoms. The molecule has 0 unspecified atom stereocenters. The van der Waals surface area contributed by atoms with Crippen molar-refractivity contribution in [2.45, 2.75) is 45.3 Å². The first-order valence-corrected chi connectivity index (χ1v) is 12.8. The number of hydrogen-bond donors (Lipinski definition) is 0. The zero-order chi connectivity index (χ0) is 25.0. The Morgan fingerprint density at radius 3 is 2.53 bits per heavy atom. The van der Waals surface area contributed by atoms with Crippen molar-refractivity contribution >= 4 is 33.7 Å². The van der Waals surface area contributed by atoms with E-state index in [1.165, 1.54) is 18.0 Å². The highest BCUT2D eigenvalue weighted by Gasteiger charge is 2.38. The van der Waals surface area contributed by atoms with Crippen LogP contribution in [-0.4, -0.2) is 69.6 Å². The third kappa shape index (κ3) is 6.37. The number of cyclic esters (lactones) is 1. The topological polar surface area (TPSA) is 120 Å². The third-order valence-corrected chi connectivity index (χ3v) is 7.50. The quantitative estimate of drug-likeness (QED) is 0.414. The van der Waals surface area contributed by atoms with E-state index in [0.29, 0.717) is 18.4 Å². The molecule has 2 amide bonds. The lowest BCUT2D eigenvalue weighted by atomic mass is 9.93. The van der Waals surface area contributed by atoms with Gasteiger partial charge in [-0.05, 0) is 42.4 Å². The monoisotopic (exact) mass is 500 g/mol. The second-order valence-electron chi connectivity index (χ2n) is 8.83. The number of nitrogens with zero attached hydrogens (tertiary/aromatic N) is 2. The minimum absolute atomic E-state index is 0.0261. The van der Waals surface area contributed by atoms with Crippen LogP contribution in [0.2, 0.25) is 0 Å². The van der Waals surface area contributed by atoms with E-state index in [1.54, 1.807) is 12.1 Å². The summed E-state index contributed by atoms with van der Waals surface area (Å²) in [5.41, 5.74) is 0.664. The maximum absolute atomic E-state index is 14.8. The standard InChI is InChI=1S/C22H29FN2O8S/c1-14(2)10-20(26)31-13-32-21(27)24(3)19-12-25(22(28)33-19)16-4-5-17(18(23)11-16)15-6-8-34(29,30)9-7-15/h4-5,11,14-15,19H,6-10,12-13H2,1-3H3/t19-/m0/s1. The van der Waals surface area contributed by atoms with Crippen LogP contribution in [0.1, 0.15) is 44.6 Å². The van der Waals surface area contributed by atoms with Gasteiger partial charge in [0, 0.05) is 13.5 Å². The van der Waals surface area contributed by atoms with Gasteiger partial charge in [0.2, 0.25) is 6.79 Å².